The van der Waals surface area contributed by atoms with E-state index < -0.39 is 0 Å². The topological polar surface area (TPSA) is 35.5 Å². The highest BCUT2D eigenvalue weighted by Gasteiger charge is 2.20. The summed E-state index contributed by atoms with van der Waals surface area (Å²) in [5, 5.41) is 0. The van der Waals surface area contributed by atoms with E-state index in [4.69, 9.17) is 4.74 Å². The number of ether oxygens (including phenoxy) is 2. The molecule has 1 heterocycles. The maximum Gasteiger partial charge on any atom is 0.336 e. The van der Waals surface area contributed by atoms with Crippen molar-refractivity contribution >= 4 is 5.97 Å². The predicted octanol–water partition coefficient (Wildman–Crippen LogP) is 0.895. The monoisotopic (exact) mass is 156 g/mol. The van der Waals surface area contributed by atoms with Gasteiger partial charge in [-0.15, -0.1) is 0 Å². The molecule has 0 aliphatic carbocycles. The van der Waals surface area contributed by atoms with Crippen LogP contribution in [0.5, 0.6) is 0 Å². The largest absolute Gasteiger partial charge is 0.466 e. The Bertz CT molecular complexity index is 184. The van der Waals surface area contributed by atoms with Gasteiger partial charge in [-0.2, -0.15) is 0 Å². The van der Waals surface area contributed by atoms with Crippen LogP contribution in [0.3, 0.4) is 0 Å². The van der Waals surface area contributed by atoms with Gasteiger partial charge in [0.2, 0.25) is 0 Å². The molecule has 0 aromatic rings. The van der Waals surface area contributed by atoms with Gasteiger partial charge in [0.1, 0.15) is 0 Å². The van der Waals surface area contributed by atoms with Crippen molar-refractivity contribution in [1.82, 2.24) is 0 Å². The average molecular weight is 156 g/mol. The van der Waals surface area contributed by atoms with Gasteiger partial charge in [0.15, 0.2) is 0 Å². The molecule has 0 amide bonds. The lowest BCUT2D eigenvalue weighted by atomic mass is 10.1. The highest BCUT2D eigenvalue weighted by atomic mass is 16.5. The van der Waals surface area contributed by atoms with Gasteiger partial charge >= 0.3 is 5.97 Å². The van der Waals surface area contributed by atoms with Crippen molar-refractivity contribution in [2.45, 2.75) is 19.4 Å². The number of methoxy groups -OCH3 is 1. The zero-order valence-electron chi connectivity index (χ0n) is 6.79. The van der Waals surface area contributed by atoms with Crippen molar-refractivity contribution < 1.29 is 14.3 Å². The van der Waals surface area contributed by atoms with Crippen LogP contribution in [0.1, 0.15) is 13.3 Å². The summed E-state index contributed by atoms with van der Waals surface area (Å²) in [5.41, 5.74) is 0.638. The summed E-state index contributed by atoms with van der Waals surface area (Å²) in [6.07, 6.45) is 2.56. The van der Waals surface area contributed by atoms with Crippen molar-refractivity contribution in [3.05, 3.63) is 11.6 Å². The molecular weight excluding hydrogens is 144 g/mol. The Morgan fingerprint density at radius 1 is 1.82 bits per heavy atom. The molecule has 0 saturated carbocycles. The Balaban J connectivity index is 2.67. The second-order valence-electron chi connectivity index (χ2n) is 2.45. The molecule has 0 bridgehead atoms. The van der Waals surface area contributed by atoms with Crippen LogP contribution in [0.4, 0.5) is 0 Å². The number of carbonyl (C=O) groups is 1. The molecule has 1 aliphatic rings. The lowest BCUT2D eigenvalue weighted by Crippen LogP contribution is -2.23. The third-order valence-corrected chi connectivity index (χ3v) is 1.71. The third kappa shape index (κ3) is 1.80. The van der Waals surface area contributed by atoms with E-state index in [0.717, 1.165) is 6.42 Å². The maximum atomic E-state index is 11.0. The first-order valence-electron chi connectivity index (χ1n) is 3.65. The molecular formula is C8H12O3. The van der Waals surface area contributed by atoms with E-state index in [9.17, 15) is 4.79 Å². The standard InChI is InChI=1S/C8H12O3/c1-6-7(8(9)10-2)4-3-5-11-6/h4,6H,3,5H2,1-2H3. The first-order valence-corrected chi connectivity index (χ1v) is 3.65. The smallest absolute Gasteiger partial charge is 0.336 e. The van der Waals surface area contributed by atoms with Crippen LogP contribution in [0.2, 0.25) is 0 Å². The van der Waals surface area contributed by atoms with Gasteiger partial charge in [-0.3, -0.25) is 0 Å². The van der Waals surface area contributed by atoms with Crippen molar-refractivity contribution in [2.24, 2.45) is 0 Å². The Labute approximate surface area is 66.0 Å². The molecule has 3 heteroatoms. The SMILES string of the molecule is COC(=O)C1=CCCOC1C. The van der Waals surface area contributed by atoms with E-state index in [1.165, 1.54) is 7.11 Å². The Kier molecular flexibility index (Phi) is 2.65. The van der Waals surface area contributed by atoms with E-state index in [0.29, 0.717) is 12.2 Å². The summed E-state index contributed by atoms with van der Waals surface area (Å²) in [6, 6.07) is 0. The fourth-order valence-electron chi connectivity index (χ4n) is 1.08. The van der Waals surface area contributed by atoms with Gasteiger partial charge in [-0.05, 0) is 13.3 Å². The summed E-state index contributed by atoms with van der Waals surface area (Å²) in [5.74, 6) is -0.280. The number of rotatable bonds is 1. The van der Waals surface area contributed by atoms with Gasteiger partial charge in [0.05, 0.1) is 25.4 Å². The zero-order valence-corrected chi connectivity index (χ0v) is 6.79. The van der Waals surface area contributed by atoms with Gasteiger partial charge in [0, 0.05) is 0 Å². The Hall–Kier alpha value is -0.830. The highest BCUT2D eigenvalue weighted by molar-refractivity contribution is 5.89. The second kappa shape index (κ2) is 3.53. The van der Waals surface area contributed by atoms with E-state index >= 15 is 0 Å². The molecule has 1 atom stereocenters. The van der Waals surface area contributed by atoms with Gasteiger partial charge in [-0.1, -0.05) is 6.08 Å². The van der Waals surface area contributed by atoms with Crippen LogP contribution in [0.25, 0.3) is 0 Å². The minimum absolute atomic E-state index is 0.115. The minimum atomic E-state index is -0.280. The molecule has 62 valence electrons. The molecule has 0 saturated heterocycles. The third-order valence-electron chi connectivity index (χ3n) is 1.71. The normalized spacial score (nSPS) is 24.2. The molecule has 0 aromatic carbocycles. The molecule has 1 unspecified atom stereocenters. The summed E-state index contributed by atoms with van der Waals surface area (Å²) >= 11 is 0. The summed E-state index contributed by atoms with van der Waals surface area (Å²) in [7, 11) is 1.38. The first-order chi connectivity index (χ1) is 5.25. The molecule has 11 heavy (non-hydrogen) atoms. The van der Waals surface area contributed by atoms with E-state index in [-0.39, 0.29) is 12.1 Å². The molecule has 0 aromatic heterocycles. The average Bonchev–Trinajstić information content (AvgIpc) is 2.04. The first kappa shape index (κ1) is 8.27. The quantitative estimate of drug-likeness (QED) is 0.529. The molecule has 1 rings (SSSR count). The lowest BCUT2D eigenvalue weighted by molar-refractivity contribution is -0.137. The van der Waals surface area contributed by atoms with E-state index in [1.807, 2.05) is 13.0 Å². The van der Waals surface area contributed by atoms with Crippen LogP contribution >= 0.6 is 0 Å². The maximum absolute atomic E-state index is 11.0. The van der Waals surface area contributed by atoms with Crippen LogP contribution < -0.4 is 0 Å². The van der Waals surface area contributed by atoms with Crippen molar-refractivity contribution in [1.29, 1.82) is 0 Å². The molecule has 0 spiro atoms. The fourth-order valence-corrected chi connectivity index (χ4v) is 1.08. The van der Waals surface area contributed by atoms with Crippen molar-refractivity contribution in [3.8, 4) is 0 Å². The van der Waals surface area contributed by atoms with E-state index in [2.05, 4.69) is 4.74 Å². The van der Waals surface area contributed by atoms with Gasteiger partial charge < -0.3 is 9.47 Å². The minimum Gasteiger partial charge on any atom is -0.466 e. The van der Waals surface area contributed by atoms with Crippen LogP contribution in [0, 0.1) is 0 Å². The van der Waals surface area contributed by atoms with Crippen molar-refractivity contribution in [3.63, 3.8) is 0 Å². The fraction of sp³-hybridized carbons (Fsp3) is 0.625. The van der Waals surface area contributed by atoms with Crippen LogP contribution in [0.15, 0.2) is 11.6 Å². The molecule has 0 N–H and O–H groups in total. The number of hydrogen-bond acceptors (Lipinski definition) is 3. The number of esters is 1. The zero-order chi connectivity index (χ0) is 8.27. The molecule has 0 radical (unpaired) electrons. The highest BCUT2D eigenvalue weighted by Crippen LogP contribution is 2.14. The summed E-state index contributed by atoms with van der Waals surface area (Å²) < 4.78 is 9.82. The summed E-state index contributed by atoms with van der Waals surface area (Å²) in [6.45, 7) is 2.55. The van der Waals surface area contributed by atoms with Gasteiger partial charge in [0.25, 0.3) is 0 Å². The molecule has 3 nitrogen and oxygen atoms in total. The number of carbonyl (C=O) groups excluding carboxylic acids is 1. The Morgan fingerprint density at radius 3 is 3.09 bits per heavy atom. The van der Waals surface area contributed by atoms with Gasteiger partial charge in [-0.25, -0.2) is 4.79 Å². The predicted molar refractivity (Wildman–Crippen MR) is 40.1 cm³/mol. The summed E-state index contributed by atoms with van der Waals surface area (Å²) in [4.78, 5) is 11.0. The Morgan fingerprint density at radius 2 is 2.55 bits per heavy atom. The molecule has 0 fully saturated rings. The molecule has 1 aliphatic heterocycles. The van der Waals surface area contributed by atoms with Crippen LogP contribution in [-0.2, 0) is 14.3 Å². The second-order valence-corrected chi connectivity index (χ2v) is 2.45. The van der Waals surface area contributed by atoms with Crippen LogP contribution in [-0.4, -0.2) is 25.8 Å². The van der Waals surface area contributed by atoms with E-state index in [1.54, 1.807) is 0 Å². The lowest BCUT2D eigenvalue weighted by Gasteiger charge is -2.18. The van der Waals surface area contributed by atoms with Crippen molar-refractivity contribution in [2.75, 3.05) is 13.7 Å². The number of hydrogen-bond donors (Lipinski definition) is 0.